The summed E-state index contributed by atoms with van der Waals surface area (Å²) in [6.07, 6.45) is 0.699. The second-order valence-corrected chi connectivity index (χ2v) is 8.25. The highest BCUT2D eigenvalue weighted by atomic mass is 32.1. The molecule has 1 fully saturated rings. The first-order chi connectivity index (χ1) is 10.2. The van der Waals surface area contributed by atoms with Crippen LogP contribution >= 0.6 is 11.3 Å². The van der Waals surface area contributed by atoms with E-state index in [0.29, 0.717) is 11.8 Å². The summed E-state index contributed by atoms with van der Waals surface area (Å²) in [6.45, 7) is 12.1. The van der Waals surface area contributed by atoms with Crippen LogP contribution in [0.1, 0.15) is 41.0 Å². The fourth-order valence-electron chi connectivity index (χ4n) is 2.85. The summed E-state index contributed by atoms with van der Waals surface area (Å²) < 4.78 is 5.40. The molecular formula is C17H28N2O2S. The molecule has 0 aromatic carbocycles. The maximum Gasteiger partial charge on any atom is 0.407 e. The van der Waals surface area contributed by atoms with Crippen LogP contribution in [0.15, 0.2) is 16.8 Å². The Hall–Kier alpha value is -1.23. The lowest BCUT2D eigenvalue weighted by atomic mass is 9.85. The van der Waals surface area contributed by atoms with E-state index >= 15 is 0 Å². The van der Waals surface area contributed by atoms with Crippen molar-refractivity contribution in [2.24, 2.45) is 11.8 Å². The number of hydrogen-bond acceptors (Lipinski definition) is 4. The van der Waals surface area contributed by atoms with Crippen LogP contribution in [0.3, 0.4) is 0 Å². The fourth-order valence-corrected chi connectivity index (χ4v) is 3.51. The first kappa shape index (κ1) is 17.1. The highest BCUT2D eigenvalue weighted by Gasteiger charge is 2.31. The quantitative estimate of drug-likeness (QED) is 0.909. The molecule has 1 amide bonds. The molecular weight excluding hydrogens is 296 g/mol. The number of nitrogens with one attached hydrogen (secondary N) is 1. The molecule has 1 aliphatic rings. The monoisotopic (exact) mass is 324 g/mol. The smallest absolute Gasteiger partial charge is 0.407 e. The molecule has 0 radical (unpaired) electrons. The van der Waals surface area contributed by atoms with Gasteiger partial charge in [-0.3, -0.25) is 0 Å². The van der Waals surface area contributed by atoms with E-state index in [1.54, 1.807) is 11.3 Å². The van der Waals surface area contributed by atoms with Crippen molar-refractivity contribution in [1.82, 2.24) is 5.32 Å². The average molecular weight is 324 g/mol. The molecule has 4 nitrogen and oxygen atoms in total. The van der Waals surface area contributed by atoms with Gasteiger partial charge in [0.05, 0.1) is 6.04 Å². The van der Waals surface area contributed by atoms with Crippen molar-refractivity contribution >= 4 is 23.1 Å². The van der Waals surface area contributed by atoms with Crippen molar-refractivity contribution in [3.63, 3.8) is 0 Å². The Morgan fingerprint density at radius 3 is 2.68 bits per heavy atom. The Bertz CT molecular complexity index is 479. The van der Waals surface area contributed by atoms with Crippen molar-refractivity contribution in [2.75, 3.05) is 18.0 Å². The third-order valence-corrected chi connectivity index (χ3v) is 4.69. The van der Waals surface area contributed by atoms with Crippen LogP contribution in [0.2, 0.25) is 0 Å². The van der Waals surface area contributed by atoms with Crippen molar-refractivity contribution in [1.29, 1.82) is 0 Å². The average Bonchev–Trinajstić information content (AvgIpc) is 2.89. The summed E-state index contributed by atoms with van der Waals surface area (Å²) in [4.78, 5) is 14.4. The van der Waals surface area contributed by atoms with Gasteiger partial charge in [-0.05, 0) is 50.5 Å². The number of thiophene rings is 1. The van der Waals surface area contributed by atoms with Crippen molar-refractivity contribution in [3.8, 4) is 0 Å². The number of anilines is 1. The summed E-state index contributed by atoms with van der Waals surface area (Å²) in [5.41, 5.74) is 0.801. The van der Waals surface area contributed by atoms with Gasteiger partial charge < -0.3 is 15.0 Å². The summed E-state index contributed by atoms with van der Waals surface area (Å²) in [6, 6.07) is 2.29. The largest absolute Gasteiger partial charge is 0.444 e. The molecule has 1 aliphatic heterocycles. The second kappa shape index (κ2) is 6.90. The van der Waals surface area contributed by atoms with E-state index in [-0.39, 0.29) is 12.1 Å². The molecule has 2 rings (SSSR count). The standard InChI is InChI=1S/C17H28N2O2S/c1-12(2)13-8-14(18-16(20)21-17(3,4)5)10-19(9-13)15-6-7-22-11-15/h6-7,11-14H,8-10H2,1-5H3,(H,18,20). The lowest BCUT2D eigenvalue weighted by Crippen LogP contribution is -2.52. The molecule has 22 heavy (non-hydrogen) atoms. The predicted octanol–water partition coefficient (Wildman–Crippen LogP) is 4.12. The molecule has 0 spiro atoms. The second-order valence-electron chi connectivity index (χ2n) is 7.47. The van der Waals surface area contributed by atoms with Gasteiger partial charge in [-0.15, -0.1) is 0 Å². The highest BCUT2D eigenvalue weighted by Crippen LogP contribution is 2.29. The summed E-state index contributed by atoms with van der Waals surface area (Å²) in [5.74, 6) is 1.18. The van der Waals surface area contributed by atoms with E-state index < -0.39 is 5.60 Å². The number of nitrogens with zero attached hydrogens (tertiary/aromatic N) is 1. The van der Waals surface area contributed by atoms with Crippen LogP contribution in [0.4, 0.5) is 10.5 Å². The maximum atomic E-state index is 12.0. The third-order valence-electron chi connectivity index (χ3n) is 4.02. The van der Waals surface area contributed by atoms with Crippen LogP contribution in [0, 0.1) is 11.8 Å². The number of alkyl carbamates (subject to hydrolysis) is 1. The molecule has 124 valence electrons. The van der Waals surface area contributed by atoms with Gasteiger partial charge in [0.25, 0.3) is 0 Å². The van der Waals surface area contributed by atoms with E-state index in [4.69, 9.17) is 4.74 Å². The highest BCUT2D eigenvalue weighted by molar-refractivity contribution is 7.08. The van der Waals surface area contributed by atoms with Crippen LogP contribution in [0.5, 0.6) is 0 Å². The predicted molar refractivity (Wildman–Crippen MR) is 92.6 cm³/mol. The van der Waals surface area contributed by atoms with Gasteiger partial charge >= 0.3 is 6.09 Å². The number of piperidine rings is 1. The SMILES string of the molecule is CC(C)C1CC(NC(=O)OC(C)(C)C)CN(c2ccsc2)C1. The number of amides is 1. The van der Waals surface area contributed by atoms with Crippen molar-refractivity contribution in [2.45, 2.75) is 52.7 Å². The van der Waals surface area contributed by atoms with Crippen LogP contribution < -0.4 is 10.2 Å². The van der Waals surface area contributed by atoms with Gasteiger partial charge in [0.1, 0.15) is 5.60 Å². The minimum absolute atomic E-state index is 0.135. The first-order valence-electron chi connectivity index (χ1n) is 8.01. The lowest BCUT2D eigenvalue weighted by Gasteiger charge is -2.40. The minimum atomic E-state index is -0.455. The molecule has 0 saturated carbocycles. The van der Waals surface area contributed by atoms with E-state index in [1.807, 2.05) is 20.8 Å². The zero-order valence-corrected chi connectivity index (χ0v) is 15.1. The molecule has 2 unspecified atom stereocenters. The molecule has 1 aromatic rings. The minimum Gasteiger partial charge on any atom is -0.444 e. The fraction of sp³-hybridized carbons (Fsp3) is 0.706. The molecule has 1 N–H and O–H groups in total. The van der Waals surface area contributed by atoms with E-state index in [0.717, 1.165) is 19.5 Å². The van der Waals surface area contributed by atoms with Crippen LogP contribution in [-0.4, -0.2) is 30.8 Å². The van der Waals surface area contributed by atoms with Gasteiger partial charge in [0.2, 0.25) is 0 Å². The van der Waals surface area contributed by atoms with E-state index in [1.165, 1.54) is 5.69 Å². The lowest BCUT2D eigenvalue weighted by molar-refractivity contribution is 0.0490. The Morgan fingerprint density at radius 2 is 2.14 bits per heavy atom. The van der Waals surface area contributed by atoms with Gasteiger partial charge in [-0.1, -0.05) is 13.8 Å². The zero-order chi connectivity index (χ0) is 16.3. The molecule has 0 bridgehead atoms. The van der Waals surface area contributed by atoms with Gasteiger partial charge in [-0.2, -0.15) is 11.3 Å². The number of carbonyl (C=O) groups is 1. The summed E-state index contributed by atoms with van der Waals surface area (Å²) >= 11 is 1.71. The van der Waals surface area contributed by atoms with Crippen molar-refractivity contribution < 1.29 is 9.53 Å². The zero-order valence-electron chi connectivity index (χ0n) is 14.3. The molecule has 0 aliphatic carbocycles. The van der Waals surface area contributed by atoms with E-state index in [2.05, 4.69) is 40.9 Å². The first-order valence-corrected chi connectivity index (χ1v) is 8.95. The molecule has 2 heterocycles. The number of rotatable bonds is 3. The maximum absolute atomic E-state index is 12.0. The van der Waals surface area contributed by atoms with Gasteiger partial charge in [0, 0.05) is 24.2 Å². The Balaban J connectivity index is 2.02. The number of carbonyl (C=O) groups excluding carboxylic acids is 1. The Labute approximate surface area is 137 Å². The van der Waals surface area contributed by atoms with Crippen LogP contribution in [0.25, 0.3) is 0 Å². The van der Waals surface area contributed by atoms with E-state index in [9.17, 15) is 4.79 Å². The third kappa shape index (κ3) is 4.90. The van der Waals surface area contributed by atoms with Crippen LogP contribution in [-0.2, 0) is 4.74 Å². The van der Waals surface area contributed by atoms with Crippen molar-refractivity contribution in [3.05, 3.63) is 16.8 Å². The summed E-state index contributed by atoms with van der Waals surface area (Å²) in [7, 11) is 0. The molecule has 1 saturated heterocycles. The van der Waals surface area contributed by atoms with Gasteiger partial charge in [-0.25, -0.2) is 4.79 Å². The topological polar surface area (TPSA) is 41.6 Å². The number of ether oxygens (including phenoxy) is 1. The normalized spacial score (nSPS) is 22.7. The Kier molecular flexibility index (Phi) is 5.37. The summed E-state index contributed by atoms with van der Waals surface area (Å²) in [5, 5.41) is 7.33. The molecule has 1 aromatic heterocycles. The molecule has 5 heteroatoms. The van der Waals surface area contributed by atoms with Gasteiger partial charge in [0.15, 0.2) is 0 Å². The molecule has 2 atom stereocenters. The number of hydrogen-bond donors (Lipinski definition) is 1. The Morgan fingerprint density at radius 1 is 1.41 bits per heavy atom.